The second-order valence-corrected chi connectivity index (χ2v) is 12.1. The van der Waals surface area contributed by atoms with Crippen LogP contribution in [0.25, 0.3) is 0 Å². The number of amides is 4. The van der Waals surface area contributed by atoms with E-state index in [0.717, 1.165) is 12.8 Å². The molecule has 38 heavy (non-hydrogen) atoms. The number of piperidine rings is 1. The van der Waals surface area contributed by atoms with Gasteiger partial charge in [-0.05, 0) is 55.8 Å². The maximum Gasteiger partial charge on any atom is 0.471 e. The Morgan fingerprint density at radius 3 is 2.37 bits per heavy atom. The number of hydrogen-bond acceptors (Lipinski definition) is 5. The molecule has 6 atom stereocenters. The first-order valence-corrected chi connectivity index (χ1v) is 12.9. The van der Waals surface area contributed by atoms with Gasteiger partial charge in [-0.3, -0.25) is 19.2 Å². The molecule has 2 aliphatic heterocycles. The van der Waals surface area contributed by atoms with Crippen LogP contribution < -0.4 is 16.4 Å². The zero-order chi connectivity index (χ0) is 28.3. The molecular weight excluding hydrogens is 510 g/mol. The highest BCUT2D eigenvalue weighted by atomic mass is 19.4. The number of nitrogens with two attached hydrogens (primary N) is 1. The zero-order valence-electron chi connectivity index (χ0n) is 21.3. The minimum absolute atomic E-state index is 0.0466. The number of primary amides is 1. The normalized spacial score (nSPS) is 32.0. The van der Waals surface area contributed by atoms with Gasteiger partial charge in [0, 0.05) is 24.4 Å². The molecule has 5 fully saturated rings. The Kier molecular flexibility index (Phi) is 6.94. The molecule has 13 heteroatoms. The van der Waals surface area contributed by atoms with Gasteiger partial charge in [0.05, 0.1) is 18.0 Å². The van der Waals surface area contributed by atoms with Crippen LogP contribution in [-0.2, 0) is 19.2 Å². The van der Waals surface area contributed by atoms with Crippen LogP contribution in [0.15, 0.2) is 0 Å². The summed E-state index contributed by atoms with van der Waals surface area (Å²) < 4.78 is 53.4. The van der Waals surface area contributed by atoms with Crippen LogP contribution in [0.5, 0.6) is 0 Å². The smallest absolute Gasteiger partial charge is 0.372 e. The second kappa shape index (κ2) is 9.38. The van der Waals surface area contributed by atoms with E-state index < -0.39 is 48.1 Å². The van der Waals surface area contributed by atoms with Crippen molar-refractivity contribution in [2.45, 2.75) is 88.3 Å². The fraction of sp³-hybridized carbons (Fsp3) is 0.800. The van der Waals surface area contributed by atoms with Gasteiger partial charge in [-0.25, -0.2) is 4.39 Å². The lowest BCUT2D eigenvalue weighted by molar-refractivity contribution is -0.175. The first-order chi connectivity index (χ1) is 17.6. The number of nitrogens with zero attached hydrogens (tertiary/aromatic N) is 2. The van der Waals surface area contributed by atoms with E-state index >= 15 is 0 Å². The molecule has 2 saturated heterocycles. The Balaban J connectivity index is 0.00000107. The number of alkyl halides is 4. The number of hydrogen-bond donors (Lipinski definition) is 3. The van der Waals surface area contributed by atoms with Crippen LogP contribution in [0.1, 0.15) is 58.8 Å². The van der Waals surface area contributed by atoms with Gasteiger partial charge in [0.1, 0.15) is 11.7 Å². The number of carbonyl (C=O) groups excluding carboxylic acids is 4. The maximum absolute atomic E-state index is 14.6. The van der Waals surface area contributed by atoms with Crippen molar-refractivity contribution in [2.24, 2.45) is 34.8 Å². The van der Waals surface area contributed by atoms with Crippen molar-refractivity contribution >= 4 is 24.1 Å². The van der Waals surface area contributed by atoms with Crippen LogP contribution in [0.4, 0.5) is 17.6 Å². The van der Waals surface area contributed by atoms with E-state index in [1.807, 2.05) is 13.8 Å². The third-order valence-electron chi connectivity index (χ3n) is 9.13. The molecule has 5 rings (SSSR count). The standard InChI is InChI=1S/C24H30F4N4O3.CH3NO/c1-21(2)14-11-32(19(34)15(9-22(25)3-4-22)30-20(35)24(26,27)28)17(16(14)21)13(10-29)7-12-8-23(5-6-23)31-18(12)33;2-1-3/h12-17H,3-9,11H2,1-2H3,(H,30,35)(H,31,33);1H,(H2,2,3). The SMILES string of the molecule is CC1(C)C2CN(C(=O)C(CC3(F)CC3)NC(=O)C(F)(F)F)C(C(C#N)CC3CC4(CC4)NC3=O)C21.NC=O. The predicted octanol–water partition coefficient (Wildman–Crippen LogP) is 1.71. The number of carbonyl (C=O) groups is 4. The molecule has 4 N–H and O–H groups in total. The molecule has 210 valence electrons. The van der Waals surface area contributed by atoms with Gasteiger partial charge < -0.3 is 21.3 Å². The van der Waals surface area contributed by atoms with Crippen LogP contribution in [0, 0.1) is 40.4 Å². The fourth-order valence-electron chi connectivity index (χ4n) is 6.62. The summed E-state index contributed by atoms with van der Waals surface area (Å²) in [5.74, 6) is -4.21. The number of likely N-dealkylation sites (tertiary alicyclic amines) is 1. The summed E-state index contributed by atoms with van der Waals surface area (Å²) in [5.41, 5.74) is 2.07. The summed E-state index contributed by atoms with van der Waals surface area (Å²) in [5, 5.41) is 14.8. The van der Waals surface area contributed by atoms with Crippen molar-refractivity contribution in [3.8, 4) is 6.07 Å². The van der Waals surface area contributed by atoms with E-state index in [9.17, 15) is 37.2 Å². The number of halogens is 4. The highest BCUT2D eigenvalue weighted by molar-refractivity contribution is 5.90. The third-order valence-corrected chi connectivity index (χ3v) is 9.13. The van der Waals surface area contributed by atoms with E-state index in [4.69, 9.17) is 4.79 Å². The molecule has 5 aliphatic rings. The van der Waals surface area contributed by atoms with Crippen molar-refractivity contribution in [3.05, 3.63) is 0 Å². The van der Waals surface area contributed by atoms with E-state index in [1.54, 1.807) is 5.32 Å². The van der Waals surface area contributed by atoms with Crippen molar-refractivity contribution in [2.75, 3.05) is 6.54 Å². The molecule has 2 heterocycles. The largest absolute Gasteiger partial charge is 0.471 e. The first kappa shape index (κ1) is 28.1. The molecule has 0 aromatic rings. The lowest BCUT2D eigenvalue weighted by atomic mass is 9.83. The van der Waals surface area contributed by atoms with Gasteiger partial charge in [0.25, 0.3) is 0 Å². The summed E-state index contributed by atoms with van der Waals surface area (Å²) in [6.45, 7) is 4.28. The topological polar surface area (TPSA) is 145 Å². The minimum Gasteiger partial charge on any atom is -0.372 e. The molecule has 1 spiro atoms. The summed E-state index contributed by atoms with van der Waals surface area (Å²) in [6.07, 6.45) is -2.53. The van der Waals surface area contributed by atoms with Crippen molar-refractivity contribution in [3.63, 3.8) is 0 Å². The van der Waals surface area contributed by atoms with E-state index in [-0.39, 0.29) is 66.8 Å². The van der Waals surface area contributed by atoms with Crippen molar-refractivity contribution < 1.29 is 36.7 Å². The lowest BCUT2D eigenvalue weighted by Crippen LogP contribution is -2.56. The van der Waals surface area contributed by atoms with Gasteiger partial charge in [0.2, 0.25) is 18.2 Å². The van der Waals surface area contributed by atoms with Crippen LogP contribution in [0.3, 0.4) is 0 Å². The average molecular weight is 544 g/mol. The maximum atomic E-state index is 14.6. The molecule has 3 saturated carbocycles. The molecule has 4 amide bonds. The Hall–Kier alpha value is -2.91. The Morgan fingerprint density at radius 2 is 1.89 bits per heavy atom. The first-order valence-electron chi connectivity index (χ1n) is 12.9. The number of nitriles is 1. The van der Waals surface area contributed by atoms with Gasteiger partial charge in [-0.1, -0.05) is 13.8 Å². The molecule has 0 aromatic heterocycles. The quantitative estimate of drug-likeness (QED) is 0.331. The van der Waals surface area contributed by atoms with Crippen LogP contribution in [-0.4, -0.2) is 65.0 Å². The summed E-state index contributed by atoms with van der Waals surface area (Å²) in [7, 11) is 0. The molecule has 3 aliphatic carbocycles. The molecular formula is C25H33F4N5O4. The van der Waals surface area contributed by atoms with Gasteiger partial charge in [-0.2, -0.15) is 18.4 Å². The Bertz CT molecular complexity index is 1050. The Labute approximate surface area is 217 Å². The monoisotopic (exact) mass is 543 g/mol. The zero-order valence-corrected chi connectivity index (χ0v) is 21.3. The van der Waals surface area contributed by atoms with E-state index in [0.29, 0.717) is 6.42 Å². The van der Waals surface area contributed by atoms with E-state index in [1.165, 1.54) is 4.90 Å². The Morgan fingerprint density at radius 1 is 1.29 bits per heavy atom. The molecule has 6 unspecified atom stereocenters. The molecule has 9 nitrogen and oxygen atoms in total. The molecule has 0 radical (unpaired) electrons. The second-order valence-electron chi connectivity index (χ2n) is 12.1. The van der Waals surface area contributed by atoms with Crippen molar-refractivity contribution in [1.82, 2.24) is 15.5 Å². The number of nitrogens with one attached hydrogen (secondary N) is 2. The van der Waals surface area contributed by atoms with Gasteiger partial charge >= 0.3 is 12.1 Å². The van der Waals surface area contributed by atoms with Crippen molar-refractivity contribution in [1.29, 1.82) is 5.26 Å². The van der Waals surface area contributed by atoms with Crippen LogP contribution >= 0.6 is 0 Å². The summed E-state index contributed by atoms with van der Waals surface area (Å²) in [4.78, 5) is 47.7. The summed E-state index contributed by atoms with van der Waals surface area (Å²) >= 11 is 0. The average Bonchev–Trinajstić information content (AvgIpc) is 3.74. The fourth-order valence-corrected chi connectivity index (χ4v) is 6.62. The highest BCUT2D eigenvalue weighted by Crippen LogP contribution is 2.66. The summed E-state index contributed by atoms with van der Waals surface area (Å²) in [6, 6.07) is 0.00401. The predicted molar refractivity (Wildman–Crippen MR) is 124 cm³/mol. The molecule has 0 bridgehead atoms. The van der Waals surface area contributed by atoms with Crippen LogP contribution in [0.2, 0.25) is 0 Å². The lowest BCUT2D eigenvalue weighted by Gasteiger charge is -2.36. The minimum atomic E-state index is -5.20. The highest BCUT2D eigenvalue weighted by Gasteiger charge is 2.69. The number of rotatable bonds is 7. The van der Waals surface area contributed by atoms with Gasteiger partial charge in [0.15, 0.2) is 0 Å². The van der Waals surface area contributed by atoms with Gasteiger partial charge in [-0.15, -0.1) is 0 Å². The molecule has 0 aromatic carbocycles. The van der Waals surface area contributed by atoms with E-state index in [2.05, 4.69) is 17.1 Å². The third kappa shape index (κ3) is 5.31. The number of fused-ring (bicyclic) bond motifs is 1.